The number of carboxylic acid groups (broad SMARTS) is 1. The third kappa shape index (κ3) is 1.59. The molecule has 1 heterocycles. The predicted molar refractivity (Wildman–Crippen MR) is 38.9 cm³/mol. The first-order valence-electron chi connectivity index (χ1n) is 2.73. The van der Waals surface area contributed by atoms with Gasteiger partial charge in [-0.1, -0.05) is 0 Å². The second-order valence-corrected chi connectivity index (χ2v) is 2.24. The van der Waals surface area contributed by atoms with Crippen molar-refractivity contribution in [1.82, 2.24) is 4.09 Å². The molecule has 11 heavy (non-hydrogen) atoms. The maximum absolute atomic E-state index is 10.6. The van der Waals surface area contributed by atoms with Gasteiger partial charge in [0, 0.05) is 24.0 Å². The Morgan fingerprint density at radius 3 is 2.64 bits per heavy atom. The van der Waals surface area contributed by atoms with Gasteiger partial charge in [0.1, 0.15) is 0 Å². The van der Waals surface area contributed by atoms with Crippen LogP contribution in [0.25, 0.3) is 0 Å². The van der Waals surface area contributed by atoms with Crippen LogP contribution in [0.1, 0.15) is 10.4 Å². The van der Waals surface area contributed by atoms with Gasteiger partial charge in [0.2, 0.25) is 0 Å². The Bertz CT molecular complexity index is 344. The second kappa shape index (κ2) is 2.75. The van der Waals surface area contributed by atoms with E-state index in [0.29, 0.717) is 4.09 Å². The van der Waals surface area contributed by atoms with Crippen molar-refractivity contribution < 1.29 is 9.90 Å². The largest absolute Gasteiger partial charge is 0.478 e. The SMILES string of the molecule is O=C(O)c1ccc(=O)n(Cl)c1. The monoisotopic (exact) mass is 173 g/mol. The van der Waals surface area contributed by atoms with E-state index < -0.39 is 11.5 Å². The lowest BCUT2D eigenvalue weighted by molar-refractivity contribution is 0.0696. The summed E-state index contributed by atoms with van der Waals surface area (Å²) in [5.74, 6) is -1.11. The molecule has 1 N–H and O–H groups in total. The van der Waals surface area contributed by atoms with E-state index in [1.165, 1.54) is 6.07 Å². The van der Waals surface area contributed by atoms with Crippen molar-refractivity contribution in [3.63, 3.8) is 0 Å². The number of hydrogen-bond acceptors (Lipinski definition) is 2. The molecule has 0 aliphatic rings. The molecule has 0 aliphatic heterocycles. The third-order valence-corrected chi connectivity index (χ3v) is 1.38. The highest BCUT2D eigenvalue weighted by Gasteiger charge is 2.02. The van der Waals surface area contributed by atoms with E-state index in [2.05, 4.69) is 0 Å². The fourth-order valence-corrected chi connectivity index (χ4v) is 0.749. The highest BCUT2D eigenvalue weighted by molar-refractivity contribution is 6.15. The fourth-order valence-electron chi connectivity index (χ4n) is 0.588. The number of nitrogens with zero attached hydrogens (tertiary/aromatic N) is 1. The Balaban J connectivity index is 3.26. The molecule has 0 aromatic carbocycles. The zero-order valence-electron chi connectivity index (χ0n) is 5.32. The lowest BCUT2D eigenvalue weighted by Gasteiger charge is -1.94. The smallest absolute Gasteiger partial charge is 0.337 e. The average Bonchev–Trinajstić information content (AvgIpc) is 1.94. The van der Waals surface area contributed by atoms with Crippen molar-refractivity contribution >= 4 is 17.7 Å². The van der Waals surface area contributed by atoms with E-state index in [1.54, 1.807) is 0 Å². The van der Waals surface area contributed by atoms with Gasteiger partial charge in [-0.3, -0.25) is 4.79 Å². The highest BCUT2D eigenvalue weighted by Crippen LogP contribution is 1.95. The van der Waals surface area contributed by atoms with Crippen LogP contribution in [0, 0.1) is 0 Å². The molecule has 0 saturated heterocycles. The number of hydrogen-bond donors (Lipinski definition) is 1. The Morgan fingerprint density at radius 2 is 2.18 bits per heavy atom. The summed E-state index contributed by atoms with van der Waals surface area (Å²) in [5, 5.41) is 8.43. The molecule has 5 heteroatoms. The van der Waals surface area contributed by atoms with Crippen LogP contribution in [0.3, 0.4) is 0 Å². The molecule has 4 nitrogen and oxygen atoms in total. The number of aromatic nitrogens is 1. The van der Waals surface area contributed by atoms with E-state index in [9.17, 15) is 9.59 Å². The summed E-state index contributed by atoms with van der Waals surface area (Å²) in [7, 11) is 0. The molecular formula is C6H4ClNO3. The first-order valence-corrected chi connectivity index (χ1v) is 3.07. The first kappa shape index (κ1) is 7.81. The van der Waals surface area contributed by atoms with Crippen LogP contribution in [0.2, 0.25) is 0 Å². The molecule has 0 bridgehead atoms. The second-order valence-electron chi connectivity index (χ2n) is 1.87. The molecule has 0 radical (unpaired) electrons. The van der Waals surface area contributed by atoms with E-state index in [1.807, 2.05) is 0 Å². The van der Waals surface area contributed by atoms with Gasteiger partial charge in [0.15, 0.2) is 0 Å². The van der Waals surface area contributed by atoms with Gasteiger partial charge in [-0.15, -0.1) is 0 Å². The summed E-state index contributed by atoms with van der Waals surface area (Å²) in [4.78, 5) is 20.9. The molecule has 0 saturated carbocycles. The van der Waals surface area contributed by atoms with Gasteiger partial charge in [-0.05, 0) is 6.07 Å². The van der Waals surface area contributed by atoms with E-state index in [0.717, 1.165) is 12.3 Å². The normalized spacial score (nSPS) is 9.55. The fraction of sp³-hybridized carbons (Fsp3) is 0. The van der Waals surface area contributed by atoms with Crippen LogP contribution in [-0.2, 0) is 0 Å². The van der Waals surface area contributed by atoms with Crippen molar-refractivity contribution in [3.8, 4) is 0 Å². The zero-order chi connectivity index (χ0) is 8.43. The molecule has 0 unspecified atom stereocenters. The van der Waals surface area contributed by atoms with Crippen molar-refractivity contribution in [2.75, 3.05) is 0 Å². The van der Waals surface area contributed by atoms with E-state index in [4.69, 9.17) is 16.9 Å². The van der Waals surface area contributed by atoms with E-state index >= 15 is 0 Å². The summed E-state index contributed by atoms with van der Waals surface area (Å²) in [6.07, 6.45) is 1.05. The molecule has 1 aromatic heterocycles. The predicted octanol–water partition coefficient (Wildman–Crippen LogP) is 0.548. The number of carboxylic acids is 1. The van der Waals surface area contributed by atoms with Crippen LogP contribution in [0.15, 0.2) is 23.1 Å². The lowest BCUT2D eigenvalue weighted by atomic mass is 10.3. The molecule has 1 rings (SSSR count). The first-order chi connectivity index (χ1) is 5.11. The van der Waals surface area contributed by atoms with Gasteiger partial charge in [-0.2, -0.15) is 0 Å². The van der Waals surface area contributed by atoms with Crippen LogP contribution in [0.4, 0.5) is 0 Å². The Hall–Kier alpha value is -1.29. The van der Waals surface area contributed by atoms with Gasteiger partial charge in [0.25, 0.3) is 5.56 Å². The van der Waals surface area contributed by atoms with Gasteiger partial charge >= 0.3 is 5.97 Å². The summed E-state index contributed by atoms with van der Waals surface area (Å²) in [6.45, 7) is 0. The minimum absolute atomic E-state index is 0.0143. The molecular weight excluding hydrogens is 170 g/mol. The number of aromatic carboxylic acids is 1. The molecule has 1 aromatic rings. The highest BCUT2D eigenvalue weighted by atomic mass is 35.5. The van der Waals surface area contributed by atoms with Gasteiger partial charge < -0.3 is 5.11 Å². The minimum Gasteiger partial charge on any atom is -0.478 e. The van der Waals surface area contributed by atoms with Crippen molar-refractivity contribution in [2.45, 2.75) is 0 Å². The maximum atomic E-state index is 10.6. The lowest BCUT2D eigenvalue weighted by Crippen LogP contribution is -2.12. The molecule has 0 spiro atoms. The van der Waals surface area contributed by atoms with Crippen LogP contribution in [0.5, 0.6) is 0 Å². The summed E-state index contributed by atoms with van der Waals surface area (Å²) in [5.41, 5.74) is -0.462. The maximum Gasteiger partial charge on any atom is 0.337 e. The summed E-state index contributed by atoms with van der Waals surface area (Å²) >= 11 is 5.30. The Morgan fingerprint density at radius 1 is 1.55 bits per heavy atom. The summed E-state index contributed by atoms with van der Waals surface area (Å²) < 4.78 is 0.698. The van der Waals surface area contributed by atoms with Crippen LogP contribution in [-0.4, -0.2) is 15.2 Å². The molecule has 0 fully saturated rings. The topological polar surface area (TPSA) is 59.3 Å². The third-order valence-electron chi connectivity index (χ3n) is 1.12. The van der Waals surface area contributed by atoms with Crippen LogP contribution >= 0.6 is 11.8 Å². The minimum atomic E-state index is -1.11. The average molecular weight is 174 g/mol. The van der Waals surface area contributed by atoms with Crippen molar-refractivity contribution in [3.05, 3.63) is 34.2 Å². The number of halogens is 1. The molecule has 0 aliphatic carbocycles. The van der Waals surface area contributed by atoms with Crippen LogP contribution < -0.4 is 5.56 Å². The number of pyridine rings is 1. The Labute approximate surface area is 66.8 Å². The van der Waals surface area contributed by atoms with E-state index in [-0.39, 0.29) is 5.56 Å². The zero-order valence-corrected chi connectivity index (χ0v) is 6.08. The molecule has 0 amide bonds. The standard InChI is InChI=1S/C6H4ClNO3/c7-8-3-4(6(10)11)1-2-5(8)9/h1-3H,(H,10,11). The molecule has 58 valence electrons. The van der Waals surface area contributed by atoms with Crippen molar-refractivity contribution in [2.24, 2.45) is 0 Å². The van der Waals surface area contributed by atoms with Gasteiger partial charge in [0.05, 0.1) is 5.56 Å². The number of rotatable bonds is 1. The van der Waals surface area contributed by atoms with Gasteiger partial charge in [-0.25, -0.2) is 8.88 Å². The Kier molecular flexibility index (Phi) is 1.96. The summed E-state index contributed by atoms with van der Waals surface area (Å²) in [6, 6.07) is 2.29. The quantitative estimate of drug-likeness (QED) is 0.675. The van der Waals surface area contributed by atoms with Crippen molar-refractivity contribution in [1.29, 1.82) is 0 Å². The number of carbonyl (C=O) groups is 1. The molecule has 0 atom stereocenters.